The fourth-order valence-corrected chi connectivity index (χ4v) is 3.35. The summed E-state index contributed by atoms with van der Waals surface area (Å²) >= 11 is 2.13. The summed E-state index contributed by atoms with van der Waals surface area (Å²) < 4.78 is 6.67. The molecule has 1 unspecified atom stereocenters. The van der Waals surface area contributed by atoms with Crippen LogP contribution in [0.2, 0.25) is 0 Å². The van der Waals surface area contributed by atoms with Gasteiger partial charge in [-0.3, -0.25) is 4.90 Å². The number of hydrogen-bond acceptors (Lipinski definition) is 4. The molecule has 1 aliphatic rings. The molecule has 2 rings (SSSR count). The van der Waals surface area contributed by atoms with E-state index in [2.05, 4.69) is 48.3 Å². The van der Waals surface area contributed by atoms with E-state index in [1.54, 1.807) is 6.20 Å². The minimum Gasteiger partial charge on any atom is -0.477 e. The predicted molar refractivity (Wildman–Crippen MR) is 95.1 cm³/mol. The van der Waals surface area contributed by atoms with E-state index in [0.29, 0.717) is 12.8 Å². The number of aliphatic carboxylic acids is 1. The SMILES string of the molecule is CC(C)(C)Cc1cc(I)cnc1OC1(C(=O)O)CCCN1C(=O)O. The van der Waals surface area contributed by atoms with Gasteiger partial charge in [-0.2, -0.15) is 0 Å². The quantitative estimate of drug-likeness (QED) is 0.687. The fraction of sp³-hybridized carbons (Fsp3) is 0.562. The van der Waals surface area contributed by atoms with Gasteiger partial charge in [-0.15, -0.1) is 0 Å². The van der Waals surface area contributed by atoms with Gasteiger partial charge in [0.2, 0.25) is 5.88 Å². The molecule has 132 valence electrons. The highest BCUT2D eigenvalue weighted by Crippen LogP contribution is 2.35. The normalized spacial score (nSPS) is 20.9. The average molecular weight is 448 g/mol. The van der Waals surface area contributed by atoms with Crippen LogP contribution in [0.5, 0.6) is 5.88 Å². The smallest absolute Gasteiger partial charge is 0.410 e. The van der Waals surface area contributed by atoms with E-state index < -0.39 is 17.8 Å². The number of pyridine rings is 1. The topological polar surface area (TPSA) is 100.0 Å². The number of likely N-dealkylation sites (tertiary alicyclic amines) is 1. The van der Waals surface area contributed by atoms with Crippen LogP contribution in [0.4, 0.5) is 4.79 Å². The first kappa shape index (κ1) is 18.8. The van der Waals surface area contributed by atoms with Crippen molar-refractivity contribution < 1.29 is 24.5 Å². The Bertz CT molecular complexity index is 658. The molecular formula is C16H21IN2O5. The second-order valence-electron chi connectivity index (χ2n) is 7.08. The number of ether oxygens (including phenoxy) is 1. The molecule has 0 radical (unpaired) electrons. The van der Waals surface area contributed by atoms with E-state index in [1.807, 2.05) is 6.07 Å². The van der Waals surface area contributed by atoms with Crippen LogP contribution in [0, 0.1) is 8.99 Å². The molecule has 1 saturated heterocycles. The highest BCUT2D eigenvalue weighted by atomic mass is 127. The Kier molecular flexibility index (Phi) is 5.26. The number of hydrogen-bond donors (Lipinski definition) is 2. The number of amides is 1. The lowest BCUT2D eigenvalue weighted by Crippen LogP contribution is -2.57. The number of carboxylic acid groups (broad SMARTS) is 2. The number of halogens is 1. The first-order valence-electron chi connectivity index (χ1n) is 7.62. The molecule has 1 amide bonds. The van der Waals surface area contributed by atoms with Gasteiger partial charge in [-0.25, -0.2) is 14.6 Å². The van der Waals surface area contributed by atoms with Gasteiger partial charge in [0.25, 0.3) is 5.72 Å². The third kappa shape index (κ3) is 3.90. The molecule has 1 aromatic rings. The lowest BCUT2D eigenvalue weighted by molar-refractivity contribution is -0.168. The first-order valence-corrected chi connectivity index (χ1v) is 8.70. The largest absolute Gasteiger partial charge is 0.477 e. The summed E-state index contributed by atoms with van der Waals surface area (Å²) in [7, 11) is 0. The van der Waals surface area contributed by atoms with Gasteiger partial charge < -0.3 is 14.9 Å². The van der Waals surface area contributed by atoms with Crippen LogP contribution in [-0.4, -0.2) is 44.4 Å². The van der Waals surface area contributed by atoms with Crippen LogP contribution in [0.1, 0.15) is 39.2 Å². The summed E-state index contributed by atoms with van der Waals surface area (Å²) in [6.07, 6.45) is 1.43. The van der Waals surface area contributed by atoms with Crippen molar-refractivity contribution in [2.45, 2.75) is 45.8 Å². The number of aromatic nitrogens is 1. The van der Waals surface area contributed by atoms with Crippen molar-refractivity contribution in [1.82, 2.24) is 9.88 Å². The number of carboxylic acids is 1. The van der Waals surface area contributed by atoms with Crippen LogP contribution in [-0.2, 0) is 11.2 Å². The number of rotatable bonds is 4. The Morgan fingerprint density at radius 2 is 2.08 bits per heavy atom. The van der Waals surface area contributed by atoms with E-state index >= 15 is 0 Å². The zero-order valence-electron chi connectivity index (χ0n) is 13.9. The highest BCUT2D eigenvalue weighted by Gasteiger charge is 2.53. The standard InChI is InChI=1S/C16H21IN2O5/c1-15(2,3)8-10-7-11(17)9-18-12(10)24-16(13(20)21)5-4-6-19(16)14(22)23/h7,9H,4-6,8H2,1-3H3,(H,20,21)(H,22,23). The van der Waals surface area contributed by atoms with Crippen molar-refractivity contribution >= 4 is 34.7 Å². The Labute approximate surface area is 154 Å². The molecule has 0 bridgehead atoms. The maximum Gasteiger partial charge on any atom is 0.410 e. The zero-order chi connectivity index (χ0) is 18.1. The molecule has 24 heavy (non-hydrogen) atoms. The average Bonchev–Trinajstić information content (AvgIpc) is 2.85. The van der Waals surface area contributed by atoms with Crippen molar-refractivity contribution in [3.8, 4) is 5.88 Å². The van der Waals surface area contributed by atoms with Gasteiger partial charge >= 0.3 is 12.1 Å². The molecular weight excluding hydrogens is 427 g/mol. The van der Waals surface area contributed by atoms with Gasteiger partial charge in [0, 0.05) is 28.3 Å². The lowest BCUT2D eigenvalue weighted by atomic mass is 9.88. The summed E-state index contributed by atoms with van der Waals surface area (Å²) in [4.78, 5) is 28.4. The molecule has 0 aliphatic carbocycles. The van der Waals surface area contributed by atoms with Crippen molar-refractivity contribution in [2.75, 3.05) is 6.54 Å². The van der Waals surface area contributed by atoms with E-state index in [0.717, 1.165) is 14.0 Å². The number of nitrogens with zero attached hydrogens (tertiary/aromatic N) is 2. The van der Waals surface area contributed by atoms with Crippen LogP contribution >= 0.6 is 22.6 Å². The number of carbonyl (C=O) groups is 2. The van der Waals surface area contributed by atoms with Crippen LogP contribution in [0.3, 0.4) is 0 Å². The van der Waals surface area contributed by atoms with Crippen molar-refractivity contribution in [1.29, 1.82) is 0 Å². The van der Waals surface area contributed by atoms with Crippen molar-refractivity contribution in [2.24, 2.45) is 5.41 Å². The molecule has 1 fully saturated rings. The molecule has 1 aromatic heterocycles. The molecule has 1 atom stereocenters. The molecule has 7 nitrogen and oxygen atoms in total. The van der Waals surface area contributed by atoms with Crippen molar-refractivity contribution in [3.63, 3.8) is 0 Å². The lowest BCUT2D eigenvalue weighted by Gasteiger charge is -2.33. The summed E-state index contributed by atoms with van der Waals surface area (Å²) in [6, 6.07) is 1.89. The van der Waals surface area contributed by atoms with Gasteiger partial charge in [0.15, 0.2) is 0 Å². The zero-order valence-corrected chi connectivity index (χ0v) is 16.0. The Morgan fingerprint density at radius 1 is 1.42 bits per heavy atom. The minimum atomic E-state index is -1.92. The second-order valence-corrected chi connectivity index (χ2v) is 8.33. The monoisotopic (exact) mass is 448 g/mol. The molecule has 8 heteroatoms. The molecule has 1 aliphatic heterocycles. The summed E-state index contributed by atoms with van der Waals surface area (Å²) in [5.41, 5.74) is -1.20. The summed E-state index contributed by atoms with van der Waals surface area (Å²) in [5.74, 6) is -1.13. The van der Waals surface area contributed by atoms with Gasteiger partial charge in [-0.05, 0) is 46.9 Å². The fourth-order valence-electron chi connectivity index (χ4n) is 2.83. The van der Waals surface area contributed by atoms with E-state index in [1.165, 1.54) is 0 Å². The summed E-state index contributed by atoms with van der Waals surface area (Å²) in [6.45, 7) is 6.30. The molecule has 0 spiro atoms. The van der Waals surface area contributed by atoms with Gasteiger partial charge in [-0.1, -0.05) is 20.8 Å². The predicted octanol–water partition coefficient (Wildman–Crippen LogP) is 3.21. The molecule has 2 N–H and O–H groups in total. The molecule has 0 aromatic carbocycles. The molecule has 0 saturated carbocycles. The second kappa shape index (κ2) is 6.73. The minimum absolute atomic E-state index is 0.0528. The van der Waals surface area contributed by atoms with Gasteiger partial charge in [0.1, 0.15) is 0 Å². The van der Waals surface area contributed by atoms with Crippen LogP contribution < -0.4 is 4.74 Å². The first-order chi connectivity index (χ1) is 11.0. The maximum atomic E-state index is 11.8. The highest BCUT2D eigenvalue weighted by molar-refractivity contribution is 14.1. The van der Waals surface area contributed by atoms with E-state index in [4.69, 9.17) is 4.74 Å². The van der Waals surface area contributed by atoms with Crippen molar-refractivity contribution in [3.05, 3.63) is 21.4 Å². The third-order valence-electron chi connectivity index (χ3n) is 3.78. The third-order valence-corrected chi connectivity index (χ3v) is 4.37. The Morgan fingerprint density at radius 3 is 2.62 bits per heavy atom. The maximum absolute atomic E-state index is 11.8. The van der Waals surface area contributed by atoms with E-state index in [-0.39, 0.29) is 24.3 Å². The summed E-state index contributed by atoms with van der Waals surface area (Å²) in [5, 5.41) is 19.0. The molecule has 2 heterocycles. The van der Waals surface area contributed by atoms with Crippen LogP contribution in [0.15, 0.2) is 12.3 Å². The van der Waals surface area contributed by atoms with Crippen LogP contribution in [0.25, 0.3) is 0 Å². The van der Waals surface area contributed by atoms with E-state index in [9.17, 15) is 19.8 Å². The Hall–Kier alpha value is -1.58. The Balaban J connectivity index is 2.44. The van der Waals surface area contributed by atoms with Gasteiger partial charge in [0.05, 0.1) is 0 Å².